The Morgan fingerprint density at radius 1 is 0.923 bits per heavy atom. The normalized spacial score (nSPS) is 12.0. The molecule has 0 aromatic heterocycles. The lowest BCUT2D eigenvalue weighted by atomic mass is 10.1. The Morgan fingerprint density at radius 2 is 1.42 bits per heavy atom. The minimum absolute atomic E-state index is 0.000867. The lowest BCUT2D eigenvalue weighted by molar-refractivity contribution is -0.143. The number of alkyl halides is 6. The van der Waals surface area contributed by atoms with E-state index in [0.717, 1.165) is 4.31 Å². The third-order valence-corrected chi connectivity index (χ3v) is 3.57. The summed E-state index contributed by atoms with van der Waals surface area (Å²) in [6, 6.07) is 8.39. The average Bonchev–Trinajstić information content (AvgIpc) is 2.53. The first-order chi connectivity index (χ1) is 12.0. The van der Waals surface area contributed by atoms with Crippen LogP contribution in [0.1, 0.15) is 16.7 Å². The van der Waals surface area contributed by atoms with Crippen molar-refractivity contribution in [2.24, 2.45) is 0 Å². The molecule has 10 heteroatoms. The number of nitrogens with one attached hydrogen (secondary N) is 1. The van der Waals surface area contributed by atoms with Crippen molar-refractivity contribution in [2.45, 2.75) is 18.9 Å². The van der Waals surface area contributed by atoms with Crippen LogP contribution in [0.2, 0.25) is 0 Å². The maximum absolute atomic E-state index is 12.8. The zero-order valence-electron chi connectivity index (χ0n) is 12.9. The summed E-state index contributed by atoms with van der Waals surface area (Å²) in [5.74, 6) is 0. The van der Waals surface area contributed by atoms with E-state index in [1.807, 2.05) is 5.32 Å². The highest BCUT2D eigenvalue weighted by Crippen LogP contribution is 2.37. The summed E-state index contributed by atoms with van der Waals surface area (Å²) >= 11 is 3.91. The largest absolute Gasteiger partial charge is 0.416 e. The molecule has 2 amide bonds. The van der Waals surface area contributed by atoms with Crippen LogP contribution in [0.4, 0.5) is 36.8 Å². The van der Waals surface area contributed by atoms with Crippen LogP contribution < -0.4 is 5.32 Å². The molecule has 0 aliphatic heterocycles. The molecule has 2 rings (SSSR count). The van der Waals surface area contributed by atoms with E-state index in [0.29, 0.717) is 17.7 Å². The summed E-state index contributed by atoms with van der Waals surface area (Å²) in [5, 5.41) is 2.00. The van der Waals surface area contributed by atoms with Gasteiger partial charge in [-0.3, -0.25) is 4.31 Å². The molecule has 0 atom stereocenters. The fraction of sp³-hybridized carbons (Fsp3) is 0.188. The number of anilines is 1. The predicted molar refractivity (Wildman–Crippen MR) is 86.4 cm³/mol. The number of carbonyl (C=O) groups excluding carboxylic acids is 1. The summed E-state index contributed by atoms with van der Waals surface area (Å²) in [4.78, 5) is 12.0. The summed E-state index contributed by atoms with van der Waals surface area (Å²) in [7, 11) is 0. The summed E-state index contributed by atoms with van der Waals surface area (Å²) in [5.41, 5.74) is -2.99. The van der Waals surface area contributed by atoms with Gasteiger partial charge in [0.15, 0.2) is 0 Å². The molecule has 0 unspecified atom stereocenters. The van der Waals surface area contributed by atoms with Crippen LogP contribution >= 0.6 is 12.8 Å². The van der Waals surface area contributed by atoms with Gasteiger partial charge in [0.1, 0.15) is 0 Å². The van der Waals surface area contributed by atoms with Crippen molar-refractivity contribution in [1.82, 2.24) is 4.31 Å². The lowest BCUT2D eigenvalue weighted by Crippen LogP contribution is -2.27. The van der Waals surface area contributed by atoms with Gasteiger partial charge in [0.2, 0.25) is 0 Å². The van der Waals surface area contributed by atoms with Crippen LogP contribution in [0.5, 0.6) is 0 Å². The van der Waals surface area contributed by atoms with Gasteiger partial charge in [-0.15, -0.1) is 0 Å². The molecule has 0 spiro atoms. The van der Waals surface area contributed by atoms with Crippen molar-refractivity contribution >= 4 is 24.5 Å². The first kappa shape index (κ1) is 20.0. The van der Waals surface area contributed by atoms with Crippen molar-refractivity contribution in [3.05, 3.63) is 65.2 Å². The number of hydrogen-bond acceptors (Lipinski definition) is 2. The van der Waals surface area contributed by atoms with E-state index < -0.39 is 35.2 Å². The summed E-state index contributed by atoms with van der Waals surface area (Å²) in [6.07, 6.45) is -9.99. The molecule has 2 aromatic carbocycles. The molecule has 0 bridgehead atoms. The number of hydrogen-bond donors (Lipinski definition) is 2. The molecule has 0 aliphatic carbocycles. The van der Waals surface area contributed by atoms with E-state index >= 15 is 0 Å². The van der Waals surface area contributed by atoms with Gasteiger partial charge in [-0.25, -0.2) is 4.79 Å². The molecule has 0 fully saturated rings. The number of thiol groups is 1. The fourth-order valence-corrected chi connectivity index (χ4v) is 2.26. The first-order valence-electron chi connectivity index (χ1n) is 7.07. The maximum Gasteiger partial charge on any atom is 0.416 e. The second-order valence-corrected chi connectivity index (χ2v) is 5.75. The van der Waals surface area contributed by atoms with Gasteiger partial charge in [0.25, 0.3) is 0 Å². The van der Waals surface area contributed by atoms with Crippen molar-refractivity contribution in [1.29, 1.82) is 0 Å². The fourth-order valence-electron chi connectivity index (χ4n) is 2.04. The molecule has 140 valence electrons. The number of rotatable bonds is 3. The van der Waals surface area contributed by atoms with Crippen molar-refractivity contribution in [2.75, 3.05) is 5.32 Å². The Hall–Kier alpha value is -2.36. The molecule has 0 saturated carbocycles. The molecule has 0 aliphatic rings. The van der Waals surface area contributed by atoms with E-state index in [2.05, 4.69) is 12.8 Å². The second kappa shape index (κ2) is 7.48. The van der Waals surface area contributed by atoms with Gasteiger partial charge in [-0.1, -0.05) is 43.1 Å². The number of nitrogens with zero attached hydrogens (tertiary/aromatic N) is 1. The molecule has 0 saturated heterocycles. The Labute approximate surface area is 150 Å². The molecule has 1 N–H and O–H groups in total. The smallest absolute Gasteiger partial charge is 0.307 e. The Balaban J connectivity index is 2.23. The van der Waals surface area contributed by atoms with Crippen LogP contribution in [-0.4, -0.2) is 10.3 Å². The SMILES string of the molecule is O=C(Nc1cc(C(F)(F)F)cc(C(F)(F)F)c1)N(S)Cc1ccccc1. The lowest BCUT2D eigenvalue weighted by Gasteiger charge is -2.18. The van der Waals surface area contributed by atoms with E-state index in [9.17, 15) is 31.1 Å². The highest BCUT2D eigenvalue weighted by molar-refractivity contribution is 7.78. The third kappa shape index (κ3) is 5.32. The quantitative estimate of drug-likeness (QED) is 0.515. The zero-order valence-corrected chi connectivity index (χ0v) is 13.8. The molecular formula is C16H12F6N2OS. The number of halogens is 6. The van der Waals surface area contributed by atoms with Gasteiger partial charge in [0.05, 0.1) is 17.7 Å². The van der Waals surface area contributed by atoms with E-state index in [-0.39, 0.29) is 12.6 Å². The Bertz CT molecular complexity index is 744. The minimum atomic E-state index is -4.99. The van der Waals surface area contributed by atoms with Crippen LogP contribution in [-0.2, 0) is 18.9 Å². The summed E-state index contributed by atoms with van der Waals surface area (Å²) in [6.45, 7) is 0.000867. The topological polar surface area (TPSA) is 32.3 Å². The van der Waals surface area contributed by atoms with Gasteiger partial charge >= 0.3 is 18.4 Å². The van der Waals surface area contributed by atoms with Crippen molar-refractivity contribution < 1.29 is 31.1 Å². The number of amides is 2. The minimum Gasteiger partial charge on any atom is -0.307 e. The van der Waals surface area contributed by atoms with Crippen LogP contribution in [0, 0.1) is 0 Å². The van der Waals surface area contributed by atoms with Gasteiger partial charge in [-0.05, 0) is 23.8 Å². The molecule has 26 heavy (non-hydrogen) atoms. The van der Waals surface area contributed by atoms with Gasteiger partial charge in [-0.2, -0.15) is 26.3 Å². The van der Waals surface area contributed by atoms with Crippen LogP contribution in [0.3, 0.4) is 0 Å². The summed E-state index contributed by atoms with van der Waals surface area (Å²) < 4.78 is 77.7. The standard InChI is InChI=1S/C16H12F6N2OS/c17-15(18,19)11-6-12(16(20,21)22)8-13(7-11)23-14(25)24(26)9-10-4-2-1-3-5-10/h1-8,26H,9H2,(H,23,25). The van der Waals surface area contributed by atoms with E-state index in [4.69, 9.17) is 0 Å². The average molecular weight is 394 g/mol. The second-order valence-electron chi connectivity index (χ2n) is 5.27. The predicted octanol–water partition coefficient (Wildman–Crippen LogP) is 5.60. The number of urea groups is 1. The Kier molecular flexibility index (Phi) is 5.74. The third-order valence-electron chi connectivity index (χ3n) is 3.25. The molecule has 3 nitrogen and oxygen atoms in total. The molecule has 0 radical (unpaired) electrons. The zero-order chi connectivity index (χ0) is 19.5. The molecule has 0 heterocycles. The molecular weight excluding hydrogens is 382 g/mol. The number of benzene rings is 2. The van der Waals surface area contributed by atoms with Crippen LogP contribution in [0.15, 0.2) is 48.5 Å². The van der Waals surface area contributed by atoms with E-state index in [1.54, 1.807) is 30.3 Å². The van der Waals surface area contributed by atoms with Crippen molar-refractivity contribution in [3.63, 3.8) is 0 Å². The first-order valence-corrected chi connectivity index (χ1v) is 7.47. The van der Waals surface area contributed by atoms with Gasteiger partial charge < -0.3 is 5.32 Å². The van der Waals surface area contributed by atoms with Crippen molar-refractivity contribution in [3.8, 4) is 0 Å². The highest BCUT2D eigenvalue weighted by atomic mass is 32.1. The highest BCUT2D eigenvalue weighted by Gasteiger charge is 2.37. The maximum atomic E-state index is 12.8. The molecule has 2 aromatic rings. The number of carbonyl (C=O) groups is 1. The monoisotopic (exact) mass is 394 g/mol. The van der Waals surface area contributed by atoms with Crippen LogP contribution in [0.25, 0.3) is 0 Å². The Morgan fingerprint density at radius 3 is 1.88 bits per heavy atom. The van der Waals surface area contributed by atoms with Gasteiger partial charge in [0, 0.05) is 5.69 Å². The van der Waals surface area contributed by atoms with E-state index in [1.165, 1.54) is 0 Å².